The average molecular weight is 1950 g/mol. The molecule has 0 bridgehead atoms. The summed E-state index contributed by atoms with van der Waals surface area (Å²) in [5.41, 5.74) is 4.14. The second-order valence-corrected chi connectivity index (χ2v) is 45.5. The molecule has 30 nitrogen and oxygen atoms in total. The second-order valence-electron chi connectivity index (χ2n) is 41.2. The average Bonchev–Trinajstić information content (AvgIpc) is 1.51. The molecule has 1 aliphatic carbocycles. The Bertz CT molecular complexity index is 4740. The van der Waals surface area contributed by atoms with E-state index < -0.39 is 193 Å². The van der Waals surface area contributed by atoms with Gasteiger partial charge in [0.1, 0.15) is 79.5 Å². The van der Waals surface area contributed by atoms with Crippen LogP contribution in [0.15, 0.2) is 121 Å². The van der Waals surface area contributed by atoms with Crippen LogP contribution >= 0.6 is 0 Å². The van der Waals surface area contributed by atoms with Gasteiger partial charge in [-0.05, 0) is 144 Å². The summed E-state index contributed by atoms with van der Waals surface area (Å²) in [5.74, 6) is -14.0. The third-order valence-corrected chi connectivity index (χ3v) is 32.3. The maximum Gasteiger partial charge on any atom is 0.410 e. The summed E-state index contributed by atoms with van der Waals surface area (Å²) in [6.45, 7) is 41.0. The van der Waals surface area contributed by atoms with Crippen molar-refractivity contribution in [3.8, 4) is 11.1 Å². The summed E-state index contributed by atoms with van der Waals surface area (Å²) in [6.07, 6.45) is 2.43. The summed E-state index contributed by atoms with van der Waals surface area (Å²) in [5, 5.41) is 10.3. The highest BCUT2D eigenvalue weighted by Crippen LogP contribution is 2.45. The number of hydrogen-bond acceptors (Lipinski definition) is 19. The molecule has 0 radical (unpaired) electrons. The molecule has 5 rings (SSSR count). The molecule has 770 valence electrons. The lowest BCUT2D eigenvalue weighted by atomic mass is 9.88. The monoisotopic (exact) mass is 1950 g/mol. The van der Waals surface area contributed by atoms with Gasteiger partial charge in [0.15, 0.2) is 5.78 Å². The Hall–Kier alpha value is -11.0. The minimum absolute atomic E-state index is 0.000646. The first-order valence-corrected chi connectivity index (χ1v) is 51.6. The van der Waals surface area contributed by atoms with Crippen LogP contribution in [0.3, 0.4) is 0 Å². The van der Waals surface area contributed by atoms with Gasteiger partial charge in [0.2, 0.25) is 59.1 Å². The van der Waals surface area contributed by atoms with Crippen molar-refractivity contribution >= 4 is 107 Å². The van der Waals surface area contributed by atoms with Gasteiger partial charge in [-0.2, -0.15) is 0 Å². The summed E-state index contributed by atoms with van der Waals surface area (Å²) >= 11 is 0. The van der Waals surface area contributed by atoms with Crippen LogP contribution in [0.1, 0.15) is 240 Å². The van der Waals surface area contributed by atoms with Crippen LogP contribution in [0.5, 0.6) is 0 Å². The Morgan fingerprint density at radius 3 is 1.38 bits per heavy atom. The minimum Gasteiger partial charge on any atom is -0.462 e. The third-order valence-electron chi connectivity index (χ3n) is 27.2. The number of ether oxygens (including phenoxy) is 3. The molecule has 0 aromatic heterocycles. The molecule has 4 aromatic carbocycles. The summed E-state index contributed by atoms with van der Waals surface area (Å²) in [4.78, 5) is 229. The topological polar surface area (TPSA) is 355 Å². The quantitative estimate of drug-likeness (QED) is 0.0121. The van der Waals surface area contributed by atoms with E-state index in [0.29, 0.717) is 19.4 Å². The number of Topliss-reactive ketones (excluding diaryl/α,β-unsaturated/α-hetero) is 2. The number of benzene rings is 4. The van der Waals surface area contributed by atoms with Crippen LogP contribution in [0.4, 0.5) is 4.79 Å². The van der Waals surface area contributed by atoms with Gasteiger partial charge in [-0.3, -0.25) is 67.2 Å². The molecule has 139 heavy (non-hydrogen) atoms. The Kier molecular flexibility index (Phi) is 46.7. The number of carbonyl (C=O) groups excluding carboxylic acids is 15. The largest absolute Gasteiger partial charge is 0.462 e. The standard InChI is InChI=1S/C108H165N11O19Si/c1-32-35-47-72(15)96(138-77(20)121)95(99(126)109-85(33-2)97(124)110-86(34-3)106(133)135-59-57-112(24)76(19)120)119(31)105(132)93(70(12)13)117(29)103(130)89(62-68(8)9)116(28)102(129)88(61-67(6)7)115(27)100(127)74(17)64-90(122)73(16)63-91(123)87(60-66(4)5)114(26)104(131)92(69(10)11)111-98(125)94(71(14)48-46-58-137-139(108(21,22)23,78-49-38-36-39-50-78)79-51-40-37-41-52-79)118(30)101(128)75(18)113(25)107(134)136-65-84-82-55-44-42-53-80(82)81-54-43-45-56-83(81)84/h32,35-45,49-56,66-75,84-89,92-96H,33-34,46-48,57-65H2,1-31H3,(H,109,126)(H,110,124)(H,111,125)/b35-32+/t71-,72+,73+,74-,75-,85-,86-,87-,88-,89-,92+,93-,94+,95-,96+/m0/s1. The van der Waals surface area contributed by atoms with Crippen molar-refractivity contribution in [1.82, 2.24) is 55.1 Å². The molecule has 3 N–H and O–H groups in total. The van der Waals surface area contributed by atoms with Gasteiger partial charge < -0.3 is 68.9 Å². The molecule has 31 heteroatoms. The molecular formula is C108H165N11O19Si. The van der Waals surface area contributed by atoms with Gasteiger partial charge in [-0.15, -0.1) is 0 Å². The van der Waals surface area contributed by atoms with Crippen LogP contribution in [-0.2, 0) is 85.8 Å². The van der Waals surface area contributed by atoms with E-state index in [4.69, 9.17) is 18.6 Å². The Morgan fingerprint density at radius 2 is 0.906 bits per heavy atom. The molecule has 0 unspecified atom stereocenters. The SMILES string of the molecule is C/C=C/C[C@@H](C)[C@@H](OC(C)=O)[C@@H](C(=O)N[C@@H](CC)C(=O)N[C@@H](CC)C(=O)OCCN(C)C(C)=O)N(C)C(=O)[C@H](C(C)C)N(C)C(=O)[C@H](CC(C)C)N(C)C(=O)[C@H](CC(C)C)N(C)C(=O)[C@@H](C)CC(=O)[C@H](C)CC(=O)[C@H](CC(C)C)N(C)C(=O)[C@H](NC(=O)[C@@H]([C@@H](C)CCCO[Si](c1ccccc1)(c1ccccc1)C(C)(C)C)N(C)C(=O)[C@H](C)N(C)C(=O)OCC1c2ccccc2-c2ccccc21)C(C)C. The Labute approximate surface area is 829 Å². The number of rotatable bonds is 54. The van der Waals surface area contributed by atoms with Crippen LogP contribution in [-0.4, -0.2) is 285 Å². The normalized spacial score (nSPS) is 15.4. The molecule has 0 fully saturated rings. The fourth-order valence-corrected chi connectivity index (χ4v) is 23.4. The molecule has 4 aromatic rings. The van der Waals surface area contributed by atoms with Gasteiger partial charge in [-0.1, -0.05) is 253 Å². The number of allylic oxidation sites excluding steroid dienone is 2. The molecule has 15 atom stereocenters. The van der Waals surface area contributed by atoms with Crippen molar-refractivity contribution in [2.75, 3.05) is 82.7 Å². The Morgan fingerprint density at radius 1 is 0.453 bits per heavy atom. The van der Waals surface area contributed by atoms with Crippen molar-refractivity contribution in [1.29, 1.82) is 0 Å². The smallest absolute Gasteiger partial charge is 0.410 e. The van der Waals surface area contributed by atoms with E-state index in [0.717, 1.165) is 44.5 Å². The lowest BCUT2D eigenvalue weighted by molar-refractivity contribution is -0.164. The maximum atomic E-state index is 15.6. The van der Waals surface area contributed by atoms with Crippen LogP contribution in [0, 0.1) is 53.3 Å². The molecular weight excluding hydrogens is 1780 g/mol. The predicted molar refractivity (Wildman–Crippen MR) is 544 cm³/mol. The van der Waals surface area contributed by atoms with E-state index >= 15 is 38.4 Å². The molecule has 0 saturated heterocycles. The number of ketones is 2. The zero-order valence-corrected chi connectivity index (χ0v) is 89.9. The van der Waals surface area contributed by atoms with Gasteiger partial charge in [0.25, 0.3) is 8.32 Å². The summed E-state index contributed by atoms with van der Waals surface area (Å²) < 4.78 is 24.7. The zero-order chi connectivity index (χ0) is 105. The van der Waals surface area contributed by atoms with E-state index in [9.17, 15) is 33.6 Å². The lowest BCUT2D eigenvalue weighted by Crippen LogP contribution is -2.66. The van der Waals surface area contributed by atoms with E-state index in [-0.39, 0.29) is 106 Å². The zero-order valence-electron chi connectivity index (χ0n) is 88.9. The number of amides is 11. The number of nitrogens with one attached hydrogen (secondary N) is 3. The van der Waals surface area contributed by atoms with Gasteiger partial charge in [0, 0.05) is 107 Å². The fourth-order valence-electron chi connectivity index (χ4n) is 18.7. The molecule has 0 aliphatic heterocycles. The van der Waals surface area contributed by atoms with E-state index in [1.807, 2.05) is 133 Å². The molecule has 1 aliphatic rings. The fraction of sp³-hybridized carbons (Fsp3) is 0.620. The molecule has 11 amide bonds. The van der Waals surface area contributed by atoms with Gasteiger partial charge >= 0.3 is 18.0 Å². The number of carbonyl (C=O) groups is 15. The molecule has 0 saturated carbocycles. The summed E-state index contributed by atoms with van der Waals surface area (Å²) in [7, 11) is 8.73. The highest BCUT2D eigenvalue weighted by Gasteiger charge is 2.52. The van der Waals surface area contributed by atoms with E-state index in [1.54, 1.807) is 95.4 Å². The number of likely N-dealkylation sites (N-methyl/N-ethyl adjacent to an activating group) is 8. The van der Waals surface area contributed by atoms with E-state index in [1.165, 1.54) is 90.6 Å². The first-order chi connectivity index (χ1) is 65.1. The Balaban J connectivity index is 1.39. The highest BCUT2D eigenvalue weighted by molar-refractivity contribution is 6.99. The van der Waals surface area contributed by atoms with Crippen molar-refractivity contribution in [3.63, 3.8) is 0 Å². The highest BCUT2D eigenvalue weighted by atomic mass is 28.4. The lowest BCUT2D eigenvalue weighted by Gasteiger charge is -2.43. The van der Waals surface area contributed by atoms with Crippen LogP contribution in [0.25, 0.3) is 11.1 Å². The number of nitrogens with zero attached hydrogens (tertiary/aromatic N) is 8. The van der Waals surface area contributed by atoms with Crippen LogP contribution < -0.4 is 26.3 Å². The third kappa shape index (κ3) is 31.5. The number of hydrogen-bond donors (Lipinski definition) is 3. The second kappa shape index (κ2) is 54.7. The molecule has 0 heterocycles. The molecule has 0 spiro atoms. The van der Waals surface area contributed by atoms with Crippen molar-refractivity contribution < 1.29 is 90.6 Å². The maximum absolute atomic E-state index is 15.6. The van der Waals surface area contributed by atoms with Gasteiger partial charge in [0.05, 0.1) is 12.6 Å². The predicted octanol–water partition coefficient (Wildman–Crippen LogP) is 12.7. The first-order valence-electron chi connectivity index (χ1n) is 49.7. The summed E-state index contributed by atoms with van der Waals surface area (Å²) in [6, 6.07) is 23.9. The van der Waals surface area contributed by atoms with Crippen molar-refractivity contribution in [3.05, 3.63) is 132 Å². The first kappa shape index (κ1) is 119. The number of esters is 2. The van der Waals surface area contributed by atoms with Crippen molar-refractivity contribution in [2.24, 2.45) is 53.3 Å². The van der Waals surface area contributed by atoms with E-state index in [2.05, 4.69) is 61.0 Å². The number of fused-ring (bicyclic) bond motifs is 3. The minimum atomic E-state index is -3.01. The van der Waals surface area contributed by atoms with Gasteiger partial charge in [-0.25, -0.2) is 9.59 Å². The van der Waals surface area contributed by atoms with Crippen LogP contribution in [0.2, 0.25) is 5.04 Å². The van der Waals surface area contributed by atoms with Crippen molar-refractivity contribution in [2.45, 2.75) is 301 Å².